The van der Waals surface area contributed by atoms with E-state index in [0.29, 0.717) is 24.5 Å². The molecule has 2 amide bonds. The number of benzene rings is 1. The van der Waals surface area contributed by atoms with Crippen LogP contribution in [0.4, 0.5) is 0 Å². The van der Waals surface area contributed by atoms with E-state index in [4.69, 9.17) is 11.6 Å². The van der Waals surface area contributed by atoms with Gasteiger partial charge in [0.1, 0.15) is 0 Å². The normalized spacial score (nSPS) is 22.7. The number of hydrogen-bond donors (Lipinski definition) is 1. The van der Waals surface area contributed by atoms with Gasteiger partial charge in [-0.25, -0.2) is 0 Å². The van der Waals surface area contributed by atoms with E-state index in [9.17, 15) is 9.59 Å². The summed E-state index contributed by atoms with van der Waals surface area (Å²) in [4.78, 5) is 26.0. The minimum Gasteiger partial charge on any atom is -0.351 e. The van der Waals surface area contributed by atoms with Gasteiger partial charge in [0.15, 0.2) is 0 Å². The first kappa shape index (κ1) is 15.3. The second-order valence-electron chi connectivity index (χ2n) is 6.65. The van der Waals surface area contributed by atoms with Crippen molar-refractivity contribution in [3.05, 3.63) is 34.9 Å². The zero-order valence-electron chi connectivity index (χ0n) is 12.8. The average molecular weight is 321 g/mol. The molecule has 0 bridgehead atoms. The van der Waals surface area contributed by atoms with Crippen LogP contribution in [0.3, 0.4) is 0 Å². The van der Waals surface area contributed by atoms with Crippen molar-refractivity contribution < 1.29 is 9.59 Å². The van der Waals surface area contributed by atoms with Crippen LogP contribution < -0.4 is 5.32 Å². The summed E-state index contributed by atoms with van der Waals surface area (Å²) in [6.45, 7) is 3.26. The first-order valence-corrected chi connectivity index (χ1v) is 8.17. The lowest BCUT2D eigenvalue weighted by Gasteiger charge is -2.18. The molecule has 1 aromatic rings. The molecule has 1 heterocycles. The molecule has 1 saturated carbocycles. The molecular weight excluding hydrogens is 300 g/mol. The second kappa shape index (κ2) is 5.92. The molecule has 0 spiro atoms. The van der Waals surface area contributed by atoms with Crippen LogP contribution in [0, 0.1) is 5.41 Å². The van der Waals surface area contributed by atoms with Crippen molar-refractivity contribution in [3.63, 3.8) is 0 Å². The Morgan fingerprint density at radius 1 is 1.45 bits per heavy atom. The molecule has 3 rings (SSSR count). The standard InChI is InChI=1S/C17H21ClN2O2/c1-17(6-7-17)16(22)19-14-10-15(21)20(11-14)8-5-12-3-2-4-13(18)9-12/h2-4,9,14H,5-8,10-11H2,1H3,(H,19,22). The van der Waals surface area contributed by atoms with Gasteiger partial charge in [0.25, 0.3) is 0 Å². The van der Waals surface area contributed by atoms with Gasteiger partial charge in [0, 0.05) is 29.9 Å². The summed E-state index contributed by atoms with van der Waals surface area (Å²) in [6.07, 6.45) is 3.11. The monoisotopic (exact) mass is 320 g/mol. The number of likely N-dealkylation sites (tertiary alicyclic amines) is 1. The largest absolute Gasteiger partial charge is 0.351 e. The lowest BCUT2D eigenvalue weighted by molar-refractivity contribution is -0.127. The van der Waals surface area contributed by atoms with Gasteiger partial charge in [0.2, 0.25) is 11.8 Å². The molecule has 2 aliphatic rings. The lowest BCUT2D eigenvalue weighted by atomic mass is 10.1. The predicted molar refractivity (Wildman–Crippen MR) is 85.6 cm³/mol. The Morgan fingerprint density at radius 2 is 2.23 bits per heavy atom. The number of hydrogen-bond acceptors (Lipinski definition) is 2. The van der Waals surface area contributed by atoms with E-state index in [1.165, 1.54) is 0 Å². The number of rotatable bonds is 5. The van der Waals surface area contributed by atoms with Gasteiger partial charge >= 0.3 is 0 Å². The van der Waals surface area contributed by atoms with E-state index >= 15 is 0 Å². The number of nitrogens with zero attached hydrogens (tertiary/aromatic N) is 1. The Hall–Kier alpha value is -1.55. The van der Waals surface area contributed by atoms with Crippen molar-refractivity contribution in [2.75, 3.05) is 13.1 Å². The third kappa shape index (κ3) is 3.43. The molecule has 0 radical (unpaired) electrons. The second-order valence-corrected chi connectivity index (χ2v) is 7.09. The Kier molecular flexibility index (Phi) is 4.13. The van der Waals surface area contributed by atoms with E-state index in [1.54, 1.807) is 0 Å². The quantitative estimate of drug-likeness (QED) is 0.905. The van der Waals surface area contributed by atoms with Crippen LogP contribution in [0.25, 0.3) is 0 Å². The van der Waals surface area contributed by atoms with Crippen LogP contribution in [-0.4, -0.2) is 35.8 Å². The molecule has 1 aliphatic heterocycles. The summed E-state index contributed by atoms with van der Waals surface area (Å²) >= 11 is 5.97. The van der Waals surface area contributed by atoms with Gasteiger partial charge in [-0.1, -0.05) is 30.7 Å². The van der Waals surface area contributed by atoms with Gasteiger partial charge in [0.05, 0.1) is 6.04 Å². The zero-order valence-corrected chi connectivity index (χ0v) is 13.5. The minimum atomic E-state index is -0.183. The maximum absolute atomic E-state index is 12.1. The van der Waals surface area contributed by atoms with E-state index < -0.39 is 0 Å². The third-order valence-corrected chi connectivity index (χ3v) is 4.89. The van der Waals surface area contributed by atoms with Gasteiger partial charge in [-0.05, 0) is 37.0 Å². The van der Waals surface area contributed by atoms with Crippen LogP contribution in [0.15, 0.2) is 24.3 Å². The van der Waals surface area contributed by atoms with Gasteiger partial charge in [-0.15, -0.1) is 0 Å². The summed E-state index contributed by atoms with van der Waals surface area (Å²) in [5.74, 6) is 0.218. The fourth-order valence-corrected chi connectivity index (χ4v) is 3.03. The van der Waals surface area contributed by atoms with E-state index in [-0.39, 0.29) is 23.3 Å². The van der Waals surface area contributed by atoms with Crippen molar-refractivity contribution in [3.8, 4) is 0 Å². The molecule has 1 atom stereocenters. The third-order valence-electron chi connectivity index (χ3n) is 4.66. The highest BCUT2D eigenvalue weighted by atomic mass is 35.5. The molecular formula is C17H21ClN2O2. The maximum Gasteiger partial charge on any atom is 0.226 e. The Bertz CT molecular complexity index is 598. The van der Waals surface area contributed by atoms with Gasteiger partial charge < -0.3 is 10.2 Å². The molecule has 22 heavy (non-hydrogen) atoms. The first-order valence-electron chi connectivity index (χ1n) is 7.79. The van der Waals surface area contributed by atoms with Gasteiger partial charge in [-0.2, -0.15) is 0 Å². The number of halogens is 1. The number of amides is 2. The highest BCUT2D eigenvalue weighted by molar-refractivity contribution is 6.30. The van der Waals surface area contributed by atoms with E-state index in [1.807, 2.05) is 36.1 Å². The summed E-state index contributed by atoms with van der Waals surface area (Å²) in [7, 11) is 0. The molecule has 4 nitrogen and oxygen atoms in total. The highest BCUT2D eigenvalue weighted by Gasteiger charge is 2.46. The lowest BCUT2D eigenvalue weighted by Crippen LogP contribution is -2.40. The van der Waals surface area contributed by atoms with Crippen LogP contribution in [0.2, 0.25) is 5.02 Å². The molecule has 1 aromatic carbocycles. The Labute approximate surface area is 135 Å². The van der Waals surface area contributed by atoms with Gasteiger partial charge in [-0.3, -0.25) is 9.59 Å². The zero-order chi connectivity index (χ0) is 15.7. The van der Waals surface area contributed by atoms with Crippen LogP contribution in [0.5, 0.6) is 0 Å². The molecule has 2 fully saturated rings. The molecule has 0 aromatic heterocycles. The number of nitrogens with one attached hydrogen (secondary N) is 1. The van der Waals surface area contributed by atoms with E-state index in [2.05, 4.69) is 5.32 Å². The van der Waals surface area contributed by atoms with Crippen molar-refractivity contribution in [2.24, 2.45) is 5.41 Å². The Balaban J connectivity index is 1.50. The molecule has 118 valence electrons. The van der Waals surface area contributed by atoms with Crippen molar-refractivity contribution >= 4 is 23.4 Å². The van der Waals surface area contributed by atoms with Crippen molar-refractivity contribution in [1.29, 1.82) is 0 Å². The summed E-state index contributed by atoms with van der Waals surface area (Å²) < 4.78 is 0. The van der Waals surface area contributed by atoms with Crippen molar-refractivity contribution in [2.45, 2.75) is 38.6 Å². The topological polar surface area (TPSA) is 49.4 Å². The molecule has 1 unspecified atom stereocenters. The molecule has 5 heteroatoms. The van der Waals surface area contributed by atoms with Crippen molar-refractivity contribution in [1.82, 2.24) is 10.2 Å². The predicted octanol–water partition coefficient (Wildman–Crippen LogP) is 2.40. The van der Waals surface area contributed by atoms with Crippen LogP contribution >= 0.6 is 11.6 Å². The fraction of sp³-hybridized carbons (Fsp3) is 0.529. The summed E-state index contributed by atoms with van der Waals surface area (Å²) in [5, 5.41) is 3.74. The Morgan fingerprint density at radius 3 is 2.91 bits per heavy atom. The molecule has 1 saturated heterocycles. The summed E-state index contributed by atoms with van der Waals surface area (Å²) in [5.41, 5.74) is 0.940. The number of carbonyl (C=O) groups is 2. The first-order chi connectivity index (χ1) is 10.5. The number of carbonyl (C=O) groups excluding carboxylic acids is 2. The fourth-order valence-electron chi connectivity index (χ4n) is 2.82. The minimum absolute atomic E-state index is 0.0446. The van der Waals surface area contributed by atoms with E-state index in [0.717, 1.165) is 24.8 Å². The average Bonchev–Trinajstić information content (AvgIpc) is 3.13. The summed E-state index contributed by atoms with van der Waals surface area (Å²) in [6, 6.07) is 7.66. The smallest absolute Gasteiger partial charge is 0.226 e. The molecule has 1 aliphatic carbocycles. The van der Waals surface area contributed by atoms with Crippen LogP contribution in [-0.2, 0) is 16.0 Å². The highest BCUT2D eigenvalue weighted by Crippen LogP contribution is 2.45. The maximum atomic E-state index is 12.1. The SMILES string of the molecule is CC1(C(=O)NC2CC(=O)N(CCc3cccc(Cl)c3)C2)CC1. The van der Waals surface area contributed by atoms with Crippen LogP contribution in [0.1, 0.15) is 31.7 Å². The molecule has 1 N–H and O–H groups in total.